The summed E-state index contributed by atoms with van der Waals surface area (Å²) in [5.74, 6) is -0.277. The highest BCUT2D eigenvalue weighted by Gasteiger charge is 2.18. The number of aliphatic carboxylic acids is 1. The van der Waals surface area contributed by atoms with Crippen LogP contribution in [0.15, 0.2) is 47.0 Å². The second kappa shape index (κ2) is 8.62. The van der Waals surface area contributed by atoms with Crippen LogP contribution in [0, 0.1) is 12.7 Å². The van der Waals surface area contributed by atoms with E-state index >= 15 is 0 Å². The van der Waals surface area contributed by atoms with Gasteiger partial charge in [0.25, 0.3) is 5.71 Å². The molecule has 1 N–H and O–H groups in total. The molecule has 0 radical (unpaired) electrons. The van der Waals surface area contributed by atoms with Crippen molar-refractivity contribution < 1.29 is 28.2 Å². The molecule has 0 saturated heterocycles. The highest BCUT2D eigenvalue weighted by molar-refractivity contribution is 5.73. The van der Waals surface area contributed by atoms with Crippen molar-refractivity contribution in [3.05, 3.63) is 59.5 Å². The summed E-state index contributed by atoms with van der Waals surface area (Å²) in [6.07, 6.45) is 1.46. The fourth-order valence-electron chi connectivity index (χ4n) is 3.21. The Balaban J connectivity index is 1.67. The molecule has 0 amide bonds. The van der Waals surface area contributed by atoms with E-state index in [9.17, 15) is 9.18 Å². The lowest BCUT2D eigenvalue weighted by molar-refractivity contribution is -0.139. The molecule has 0 aliphatic heterocycles. The van der Waals surface area contributed by atoms with E-state index in [0.29, 0.717) is 22.7 Å². The molecule has 164 valence electrons. The van der Waals surface area contributed by atoms with E-state index in [1.54, 1.807) is 6.07 Å². The van der Waals surface area contributed by atoms with Gasteiger partial charge in [-0.05, 0) is 48.2 Å². The Morgan fingerprint density at radius 1 is 1.22 bits per heavy atom. The number of carboxylic acids is 1. The molecule has 0 aliphatic rings. The summed E-state index contributed by atoms with van der Waals surface area (Å²) in [6.45, 7) is 5.38. The Morgan fingerprint density at radius 3 is 2.75 bits per heavy atom. The van der Waals surface area contributed by atoms with Crippen molar-refractivity contribution in [1.82, 2.24) is 15.0 Å². The molecule has 0 atom stereocenters. The largest absolute Gasteiger partial charge is 0.481 e. The third-order valence-corrected chi connectivity index (χ3v) is 4.65. The van der Waals surface area contributed by atoms with Crippen molar-refractivity contribution >= 4 is 17.2 Å². The van der Waals surface area contributed by atoms with Crippen molar-refractivity contribution in [2.75, 3.05) is 6.61 Å². The number of ether oxygens (including phenoxy) is 2. The van der Waals surface area contributed by atoms with Crippen LogP contribution in [0.4, 0.5) is 4.39 Å². The van der Waals surface area contributed by atoms with E-state index in [4.69, 9.17) is 19.0 Å². The smallest absolute Gasteiger partial charge is 0.341 e. The molecule has 0 aliphatic carbocycles. The lowest BCUT2D eigenvalue weighted by Gasteiger charge is -2.16. The Morgan fingerprint density at radius 2 is 2.03 bits per heavy atom. The fourth-order valence-corrected chi connectivity index (χ4v) is 3.21. The van der Waals surface area contributed by atoms with Crippen molar-refractivity contribution in [3.63, 3.8) is 0 Å². The molecule has 8 nitrogen and oxygen atoms in total. The van der Waals surface area contributed by atoms with E-state index < -0.39 is 18.4 Å². The highest BCUT2D eigenvalue weighted by Crippen LogP contribution is 2.35. The van der Waals surface area contributed by atoms with E-state index in [1.807, 2.05) is 32.9 Å². The molecular weight excluding hydrogens is 417 g/mol. The van der Waals surface area contributed by atoms with Gasteiger partial charge >= 0.3 is 12.0 Å². The fraction of sp³-hybridized carbons (Fsp3) is 0.217. The van der Waals surface area contributed by atoms with Gasteiger partial charge in [0.1, 0.15) is 22.8 Å². The van der Waals surface area contributed by atoms with Crippen molar-refractivity contribution in [1.29, 1.82) is 0 Å². The Labute approximate surface area is 182 Å². The molecule has 0 spiro atoms. The second-order valence-electron chi connectivity index (χ2n) is 7.47. The zero-order chi connectivity index (χ0) is 22.8. The quantitative estimate of drug-likeness (QED) is 0.425. The number of oxazole rings is 1. The average molecular weight is 437 g/mol. The van der Waals surface area contributed by atoms with Gasteiger partial charge in [-0.3, -0.25) is 0 Å². The van der Waals surface area contributed by atoms with Crippen LogP contribution in [-0.2, 0) is 4.79 Å². The van der Waals surface area contributed by atoms with Crippen molar-refractivity contribution in [3.8, 4) is 29.0 Å². The van der Waals surface area contributed by atoms with E-state index in [0.717, 1.165) is 11.1 Å². The van der Waals surface area contributed by atoms with E-state index in [2.05, 4.69) is 15.0 Å². The zero-order valence-electron chi connectivity index (χ0n) is 17.6. The van der Waals surface area contributed by atoms with Gasteiger partial charge < -0.3 is 19.0 Å². The summed E-state index contributed by atoms with van der Waals surface area (Å²) in [4.78, 5) is 23.7. The monoisotopic (exact) mass is 437 g/mol. The summed E-state index contributed by atoms with van der Waals surface area (Å²) in [6, 6.07) is 9.32. The molecule has 2 aromatic heterocycles. The molecule has 9 heteroatoms. The standard InChI is InChI=1S/C23H20FN3O5/c1-12(2)17-8-14(7-13(3)20(17)30-11-19(28)29)21-26-18-10-25-23(27-22(18)32-21)31-16-6-4-5-15(24)9-16/h4-10,12H,11H2,1-3H3,(H,28,29). The van der Waals surface area contributed by atoms with Crippen LogP contribution in [-0.4, -0.2) is 32.6 Å². The number of benzene rings is 2. The number of carbonyl (C=O) groups is 1. The van der Waals surface area contributed by atoms with Crippen molar-refractivity contribution in [2.45, 2.75) is 26.7 Å². The first-order valence-electron chi connectivity index (χ1n) is 9.86. The third-order valence-electron chi connectivity index (χ3n) is 4.65. The van der Waals surface area contributed by atoms with Gasteiger partial charge in [0.15, 0.2) is 6.61 Å². The van der Waals surface area contributed by atoms with Gasteiger partial charge in [0.05, 0.1) is 6.20 Å². The molecule has 4 rings (SSSR count). The molecule has 2 heterocycles. The SMILES string of the molecule is Cc1cc(-c2nc3cnc(Oc4cccc(F)c4)nc3o2)cc(C(C)C)c1OCC(=O)O. The summed E-state index contributed by atoms with van der Waals surface area (Å²) in [7, 11) is 0. The first kappa shape index (κ1) is 21.2. The predicted molar refractivity (Wildman–Crippen MR) is 113 cm³/mol. The third kappa shape index (κ3) is 4.51. The topological polar surface area (TPSA) is 108 Å². The van der Waals surface area contributed by atoms with Gasteiger partial charge in [0, 0.05) is 11.6 Å². The molecular formula is C23H20FN3O5. The minimum absolute atomic E-state index is 0.00210. The number of aryl methyl sites for hydroxylation is 1. The van der Waals surface area contributed by atoms with E-state index in [-0.39, 0.29) is 23.4 Å². The van der Waals surface area contributed by atoms with Gasteiger partial charge in [-0.15, -0.1) is 0 Å². The zero-order valence-corrected chi connectivity index (χ0v) is 17.6. The molecule has 2 aromatic carbocycles. The number of fused-ring (bicyclic) bond motifs is 1. The maximum Gasteiger partial charge on any atom is 0.341 e. The first-order chi connectivity index (χ1) is 15.3. The van der Waals surface area contributed by atoms with Gasteiger partial charge in [-0.1, -0.05) is 19.9 Å². The normalized spacial score (nSPS) is 11.2. The molecule has 0 unspecified atom stereocenters. The Kier molecular flexibility index (Phi) is 5.72. The van der Waals surface area contributed by atoms with Gasteiger partial charge in [-0.25, -0.2) is 19.2 Å². The number of halogens is 1. The summed E-state index contributed by atoms with van der Waals surface area (Å²) >= 11 is 0. The van der Waals surface area contributed by atoms with Crippen LogP contribution >= 0.6 is 0 Å². The van der Waals surface area contributed by atoms with Crippen LogP contribution in [0.1, 0.15) is 30.9 Å². The number of hydrogen-bond acceptors (Lipinski definition) is 7. The minimum Gasteiger partial charge on any atom is -0.481 e. The Bertz CT molecular complexity index is 1300. The summed E-state index contributed by atoms with van der Waals surface area (Å²) in [5.41, 5.74) is 2.94. The van der Waals surface area contributed by atoms with Gasteiger partial charge in [-0.2, -0.15) is 4.98 Å². The molecule has 32 heavy (non-hydrogen) atoms. The summed E-state index contributed by atoms with van der Waals surface area (Å²) < 4.78 is 30.2. The molecule has 4 aromatic rings. The maximum absolute atomic E-state index is 13.4. The molecule has 0 fully saturated rings. The van der Waals surface area contributed by atoms with Crippen LogP contribution in [0.3, 0.4) is 0 Å². The average Bonchev–Trinajstić information content (AvgIpc) is 3.15. The predicted octanol–water partition coefficient (Wildman–Crippen LogP) is 5.11. The second-order valence-corrected chi connectivity index (χ2v) is 7.47. The van der Waals surface area contributed by atoms with Crippen LogP contribution < -0.4 is 9.47 Å². The number of carboxylic acid groups (broad SMARTS) is 1. The number of aromatic nitrogens is 3. The van der Waals surface area contributed by atoms with Crippen LogP contribution in [0.5, 0.6) is 17.5 Å². The number of nitrogens with zero attached hydrogens (tertiary/aromatic N) is 3. The lowest BCUT2D eigenvalue weighted by Crippen LogP contribution is -2.12. The minimum atomic E-state index is -1.04. The van der Waals surface area contributed by atoms with Crippen LogP contribution in [0.25, 0.3) is 22.7 Å². The van der Waals surface area contributed by atoms with Crippen molar-refractivity contribution in [2.24, 2.45) is 0 Å². The number of rotatable bonds is 7. The lowest BCUT2D eigenvalue weighted by atomic mass is 9.96. The highest BCUT2D eigenvalue weighted by atomic mass is 19.1. The number of hydrogen-bond donors (Lipinski definition) is 1. The maximum atomic E-state index is 13.4. The van der Waals surface area contributed by atoms with Gasteiger partial charge in [0.2, 0.25) is 5.89 Å². The molecule has 0 saturated carbocycles. The summed E-state index contributed by atoms with van der Waals surface area (Å²) in [5, 5.41) is 8.95. The van der Waals surface area contributed by atoms with Crippen LogP contribution in [0.2, 0.25) is 0 Å². The molecule has 0 bridgehead atoms. The van der Waals surface area contributed by atoms with E-state index in [1.165, 1.54) is 24.4 Å². The first-order valence-corrected chi connectivity index (χ1v) is 9.86. The Hall–Kier alpha value is -4.01.